The number of hydrogen-bond donors (Lipinski definition) is 1. The molecule has 1 saturated carbocycles. The molecule has 1 aromatic heterocycles. The van der Waals surface area contributed by atoms with E-state index >= 15 is 0 Å². The number of amides is 1. The molecule has 5 nitrogen and oxygen atoms in total. The zero-order valence-electron chi connectivity index (χ0n) is 13.0. The van der Waals surface area contributed by atoms with Gasteiger partial charge in [0.05, 0.1) is 10.9 Å². The van der Waals surface area contributed by atoms with E-state index in [1.807, 2.05) is 30.5 Å². The lowest BCUT2D eigenvalue weighted by molar-refractivity contribution is 0.0771. The highest BCUT2D eigenvalue weighted by molar-refractivity contribution is 6.00. The smallest absolute Gasteiger partial charge is 0.259 e. The van der Waals surface area contributed by atoms with Gasteiger partial charge < -0.3 is 15.2 Å². The quantitative estimate of drug-likeness (QED) is 0.881. The largest absolute Gasteiger partial charge is 0.398 e. The van der Waals surface area contributed by atoms with Crippen LogP contribution in [-0.2, 0) is 0 Å². The van der Waals surface area contributed by atoms with Crippen molar-refractivity contribution in [3.63, 3.8) is 0 Å². The van der Waals surface area contributed by atoms with Gasteiger partial charge in [0.2, 0.25) is 5.43 Å². The van der Waals surface area contributed by atoms with Gasteiger partial charge in [-0.3, -0.25) is 9.59 Å². The number of fused-ring (bicyclic) bond motifs is 1. The molecule has 3 rings (SSSR count). The third kappa shape index (κ3) is 2.26. The van der Waals surface area contributed by atoms with Gasteiger partial charge in [-0.25, -0.2) is 0 Å². The summed E-state index contributed by atoms with van der Waals surface area (Å²) >= 11 is 0. The van der Waals surface area contributed by atoms with Crippen molar-refractivity contribution in [2.24, 2.45) is 0 Å². The van der Waals surface area contributed by atoms with E-state index in [0.717, 1.165) is 18.4 Å². The van der Waals surface area contributed by atoms with Gasteiger partial charge in [-0.1, -0.05) is 6.07 Å². The van der Waals surface area contributed by atoms with E-state index in [0.29, 0.717) is 30.2 Å². The summed E-state index contributed by atoms with van der Waals surface area (Å²) in [6.07, 6.45) is 3.87. The summed E-state index contributed by atoms with van der Waals surface area (Å²) in [5.41, 5.74) is 7.24. The molecule has 1 aliphatic carbocycles. The average Bonchev–Trinajstić information content (AvgIpc) is 3.33. The van der Waals surface area contributed by atoms with Crippen LogP contribution in [0.4, 0.5) is 5.69 Å². The normalized spacial score (nSPS) is 14.3. The van der Waals surface area contributed by atoms with Crippen LogP contribution in [0, 0.1) is 0 Å². The zero-order valence-corrected chi connectivity index (χ0v) is 13.0. The summed E-state index contributed by atoms with van der Waals surface area (Å²) in [4.78, 5) is 27.1. The van der Waals surface area contributed by atoms with Gasteiger partial charge in [-0.2, -0.15) is 0 Å². The van der Waals surface area contributed by atoms with Gasteiger partial charge in [0.15, 0.2) is 0 Å². The molecule has 22 heavy (non-hydrogen) atoms. The first kappa shape index (κ1) is 14.6. The van der Waals surface area contributed by atoms with Crippen molar-refractivity contribution in [2.75, 3.05) is 18.8 Å². The molecule has 5 heteroatoms. The molecule has 0 bridgehead atoms. The molecule has 1 heterocycles. The molecule has 1 aromatic carbocycles. The van der Waals surface area contributed by atoms with E-state index in [9.17, 15) is 9.59 Å². The summed E-state index contributed by atoms with van der Waals surface area (Å²) in [7, 11) is 0. The van der Waals surface area contributed by atoms with Crippen molar-refractivity contribution in [3.05, 3.63) is 40.2 Å². The molecule has 116 valence electrons. The van der Waals surface area contributed by atoms with Crippen LogP contribution in [0.5, 0.6) is 0 Å². The molecule has 0 aliphatic heterocycles. The highest BCUT2D eigenvalue weighted by Gasteiger charge is 2.28. The first-order valence-electron chi connectivity index (χ1n) is 7.81. The van der Waals surface area contributed by atoms with Crippen LogP contribution in [-0.4, -0.2) is 28.5 Å². The molecule has 1 aliphatic rings. The van der Waals surface area contributed by atoms with Crippen LogP contribution < -0.4 is 11.2 Å². The van der Waals surface area contributed by atoms with Crippen LogP contribution in [0.1, 0.15) is 43.1 Å². The van der Waals surface area contributed by atoms with Crippen LogP contribution in [0.25, 0.3) is 10.9 Å². The van der Waals surface area contributed by atoms with Crippen molar-refractivity contribution in [3.8, 4) is 0 Å². The van der Waals surface area contributed by atoms with Crippen LogP contribution in [0.15, 0.2) is 29.2 Å². The number of nitrogens with zero attached hydrogens (tertiary/aromatic N) is 2. The highest BCUT2D eigenvalue weighted by atomic mass is 16.2. The van der Waals surface area contributed by atoms with Crippen molar-refractivity contribution in [1.29, 1.82) is 0 Å². The molecular formula is C17H21N3O2. The maximum atomic E-state index is 12.8. The number of carbonyl (C=O) groups excluding carboxylic acids is 1. The topological polar surface area (TPSA) is 68.3 Å². The number of anilines is 1. The van der Waals surface area contributed by atoms with Crippen molar-refractivity contribution < 1.29 is 4.79 Å². The van der Waals surface area contributed by atoms with Gasteiger partial charge in [0.1, 0.15) is 5.56 Å². The van der Waals surface area contributed by atoms with Crippen LogP contribution >= 0.6 is 0 Å². The Morgan fingerprint density at radius 3 is 2.59 bits per heavy atom. The van der Waals surface area contributed by atoms with Crippen molar-refractivity contribution in [2.45, 2.75) is 32.7 Å². The van der Waals surface area contributed by atoms with E-state index in [1.54, 1.807) is 17.2 Å². The Morgan fingerprint density at radius 1 is 1.32 bits per heavy atom. The Balaban J connectivity index is 2.27. The minimum Gasteiger partial charge on any atom is -0.398 e. The maximum Gasteiger partial charge on any atom is 0.259 e. The third-order valence-corrected chi connectivity index (χ3v) is 4.31. The second kappa shape index (κ2) is 5.48. The molecule has 0 spiro atoms. The van der Waals surface area contributed by atoms with Gasteiger partial charge in [0.25, 0.3) is 5.91 Å². The summed E-state index contributed by atoms with van der Waals surface area (Å²) in [5, 5.41) is 0.465. The number of rotatable bonds is 4. The Labute approximate surface area is 129 Å². The van der Waals surface area contributed by atoms with Crippen molar-refractivity contribution in [1.82, 2.24) is 9.47 Å². The van der Waals surface area contributed by atoms with E-state index < -0.39 is 0 Å². The monoisotopic (exact) mass is 299 g/mol. The summed E-state index contributed by atoms with van der Waals surface area (Å²) in [6.45, 7) is 4.99. The standard InChI is InChI=1S/C17H21N3O2/c1-3-19(4-2)17(22)12-10-20(11-8-9-11)14-7-5-6-13(18)15(14)16(12)21/h5-7,10-11H,3-4,8-9,18H2,1-2H3. The molecule has 0 atom stereocenters. The number of hydrogen-bond acceptors (Lipinski definition) is 3. The maximum absolute atomic E-state index is 12.8. The van der Waals surface area contributed by atoms with Crippen LogP contribution in [0.3, 0.4) is 0 Å². The SMILES string of the molecule is CCN(CC)C(=O)c1cn(C2CC2)c2cccc(N)c2c1=O. The molecule has 0 saturated heterocycles. The molecule has 0 radical (unpaired) electrons. The number of pyridine rings is 1. The Hall–Kier alpha value is -2.30. The molecule has 2 N–H and O–H groups in total. The van der Waals surface area contributed by atoms with E-state index in [4.69, 9.17) is 5.73 Å². The Morgan fingerprint density at radius 2 is 2.00 bits per heavy atom. The van der Waals surface area contributed by atoms with Crippen LogP contribution in [0.2, 0.25) is 0 Å². The predicted octanol–water partition coefficient (Wildman–Crippen LogP) is 2.40. The zero-order chi connectivity index (χ0) is 15.9. The van der Waals surface area contributed by atoms with Gasteiger partial charge in [-0.05, 0) is 38.8 Å². The van der Waals surface area contributed by atoms with Crippen molar-refractivity contribution >= 4 is 22.5 Å². The fourth-order valence-electron chi connectivity index (χ4n) is 2.91. The molecule has 2 aromatic rings. The first-order valence-corrected chi connectivity index (χ1v) is 7.81. The predicted molar refractivity (Wildman–Crippen MR) is 88.1 cm³/mol. The van der Waals surface area contributed by atoms with E-state index in [-0.39, 0.29) is 16.9 Å². The number of aromatic nitrogens is 1. The fraction of sp³-hybridized carbons (Fsp3) is 0.412. The van der Waals surface area contributed by atoms with Gasteiger partial charge >= 0.3 is 0 Å². The highest BCUT2D eigenvalue weighted by Crippen LogP contribution is 2.37. The van der Waals surface area contributed by atoms with Gasteiger partial charge in [0, 0.05) is 31.0 Å². The summed E-state index contributed by atoms with van der Waals surface area (Å²) in [6, 6.07) is 5.83. The molecule has 0 unspecified atom stereocenters. The molecular weight excluding hydrogens is 278 g/mol. The second-order valence-corrected chi connectivity index (χ2v) is 5.73. The summed E-state index contributed by atoms with van der Waals surface area (Å²) < 4.78 is 2.05. The first-order chi connectivity index (χ1) is 10.6. The second-order valence-electron chi connectivity index (χ2n) is 5.73. The number of carbonyl (C=O) groups is 1. The van der Waals surface area contributed by atoms with E-state index in [2.05, 4.69) is 0 Å². The lowest BCUT2D eigenvalue weighted by Gasteiger charge is -2.20. The Bertz CT molecular complexity index is 786. The number of nitrogens with two attached hydrogens (primary N) is 1. The number of nitrogen functional groups attached to an aromatic ring is 1. The van der Waals surface area contributed by atoms with E-state index in [1.165, 1.54) is 0 Å². The minimum atomic E-state index is -0.262. The lowest BCUT2D eigenvalue weighted by atomic mass is 10.1. The lowest BCUT2D eigenvalue weighted by Crippen LogP contribution is -2.34. The summed E-state index contributed by atoms with van der Waals surface area (Å²) in [5.74, 6) is -0.213. The minimum absolute atomic E-state index is 0.213. The molecule has 1 amide bonds. The molecule has 1 fully saturated rings. The fourth-order valence-corrected chi connectivity index (χ4v) is 2.91. The number of benzene rings is 1. The average molecular weight is 299 g/mol. The van der Waals surface area contributed by atoms with Gasteiger partial charge in [-0.15, -0.1) is 0 Å². The Kier molecular flexibility index (Phi) is 3.64. The third-order valence-electron chi connectivity index (χ3n) is 4.31.